The molecule has 0 aliphatic carbocycles. The second-order valence-electron chi connectivity index (χ2n) is 2.11. The van der Waals surface area contributed by atoms with Crippen molar-refractivity contribution in [3.63, 3.8) is 0 Å². The number of hydrogen-bond acceptors (Lipinski definition) is 5. The quantitative estimate of drug-likeness (QED) is 0.404. The molecule has 0 saturated heterocycles. The molecule has 0 aromatic carbocycles. The van der Waals surface area contributed by atoms with Crippen molar-refractivity contribution in [1.29, 1.82) is 0 Å². The Kier molecular flexibility index (Phi) is 4.09. The molecule has 0 rings (SSSR count). The number of hydrogen-bond donors (Lipinski definition) is 3. The third-order valence-corrected chi connectivity index (χ3v) is 1.29. The molecule has 6 nitrogen and oxygen atoms in total. The maximum absolute atomic E-state index is 10.8. The van der Waals surface area contributed by atoms with Gasteiger partial charge in [-0.25, -0.2) is 0 Å². The Morgan fingerprint density at radius 3 is 1.58 bits per heavy atom. The molecule has 0 spiro atoms. The van der Waals surface area contributed by atoms with Crippen LogP contribution in [0.1, 0.15) is 0 Å². The van der Waals surface area contributed by atoms with E-state index in [1.807, 2.05) is 0 Å². The molecule has 0 heterocycles. The van der Waals surface area contributed by atoms with Gasteiger partial charge in [0.2, 0.25) is 0 Å². The lowest BCUT2D eigenvalue weighted by molar-refractivity contribution is -0.149. The molecule has 0 amide bonds. The molecule has 6 heteroatoms. The summed E-state index contributed by atoms with van der Waals surface area (Å²) < 4.78 is 0. The van der Waals surface area contributed by atoms with Crippen LogP contribution in [0.4, 0.5) is 0 Å². The standard InChI is InChI=1S/C6H10N2O4/c7-1-3(9)5(6(11)12)4(10)2-8/h5H,1-2,7-8H2,(H,11,12). The molecule has 0 fully saturated rings. The topological polar surface area (TPSA) is 123 Å². The number of rotatable bonds is 5. The van der Waals surface area contributed by atoms with Gasteiger partial charge in [0.1, 0.15) is 0 Å². The zero-order valence-electron chi connectivity index (χ0n) is 6.32. The van der Waals surface area contributed by atoms with Crippen LogP contribution >= 0.6 is 0 Å². The summed E-state index contributed by atoms with van der Waals surface area (Å²) in [6, 6.07) is 0. The summed E-state index contributed by atoms with van der Waals surface area (Å²) in [4.78, 5) is 31.9. The first-order valence-corrected chi connectivity index (χ1v) is 3.23. The molecule has 0 bridgehead atoms. The van der Waals surface area contributed by atoms with Gasteiger partial charge in [-0.15, -0.1) is 0 Å². The number of Topliss-reactive ketones (excluding diaryl/α,β-unsaturated/α-hetero) is 2. The highest BCUT2D eigenvalue weighted by Gasteiger charge is 2.31. The van der Waals surface area contributed by atoms with E-state index in [0.717, 1.165) is 0 Å². The zero-order valence-corrected chi connectivity index (χ0v) is 6.32. The minimum atomic E-state index is -1.69. The smallest absolute Gasteiger partial charge is 0.321 e. The van der Waals surface area contributed by atoms with Crippen LogP contribution in [0, 0.1) is 5.92 Å². The number of aliphatic carboxylic acids is 1. The lowest BCUT2D eigenvalue weighted by Gasteiger charge is -2.06. The normalized spacial score (nSPS) is 9.92. The van der Waals surface area contributed by atoms with Gasteiger partial charge in [-0.05, 0) is 0 Å². The van der Waals surface area contributed by atoms with Crippen LogP contribution < -0.4 is 11.5 Å². The van der Waals surface area contributed by atoms with Gasteiger partial charge in [0.05, 0.1) is 13.1 Å². The summed E-state index contributed by atoms with van der Waals surface area (Å²) in [7, 11) is 0. The molecule has 0 aromatic rings. The maximum Gasteiger partial charge on any atom is 0.321 e. The first-order valence-electron chi connectivity index (χ1n) is 3.23. The fraction of sp³-hybridized carbons (Fsp3) is 0.500. The predicted octanol–water partition coefficient (Wildman–Crippen LogP) is -2.26. The number of carbonyl (C=O) groups excluding carboxylic acids is 2. The summed E-state index contributed by atoms with van der Waals surface area (Å²) in [5.74, 6) is -4.84. The van der Waals surface area contributed by atoms with Crippen molar-refractivity contribution in [3.8, 4) is 0 Å². The van der Waals surface area contributed by atoms with Crippen LogP contribution in [0.25, 0.3) is 0 Å². The second-order valence-corrected chi connectivity index (χ2v) is 2.11. The Bertz CT molecular complexity index is 198. The molecule has 68 valence electrons. The maximum atomic E-state index is 10.8. The van der Waals surface area contributed by atoms with E-state index in [-0.39, 0.29) is 0 Å². The van der Waals surface area contributed by atoms with E-state index in [9.17, 15) is 14.4 Å². The van der Waals surface area contributed by atoms with Gasteiger partial charge in [-0.3, -0.25) is 14.4 Å². The van der Waals surface area contributed by atoms with Crippen LogP contribution in [-0.2, 0) is 14.4 Å². The molecular formula is C6H10N2O4. The minimum absolute atomic E-state index is 0.470. The molecule has 0 atom stereocenters. The number of carboxylic acid groups (broad SMARTS) is 1. The molecule has 0 aliphatic heterocycles. The van der Waals surface area contributed by atoms with Crippen molar-refractivity contribution in [2.75, 3.05) is 13.1 Å². The Hall–Kier alpha value is -1.27. The molecule has 0 saturated carbocycles. The number of carbonyl (C=O) groups is 3. The first-order chi connectivity index (χ1) is 5.54. The molecule has 0 aromatic heterocycles. The van der Waals surface area contributed by atoms with Crippen molar-refractivity contribution >= 4 is 17.5 Å². The van der Waals surface area contributed by atoms with Crippen molar-refractivity contribution in [2.45, 2.75) is 0 Å². The average molecular weight is 174 g/mol. The largest absolute Gasteiger partial charge is 0.480 e. The van der Waals surface area contributed by atoms with Gasteiger partial charge >= 0.3 is 5.97 Å². The highest BCUT2D eigenvalue weighted by molar-refractivity contribution is 6.17. The third kappa shape index (κ3) is 2.40. The molecule has 0 unspecified atom stereocenters. The molecule has 0 radical (unpaired) electrons. The predicted molar refractivity (Wildman–Crippen MR) is 39.2 cm³/mol. The van der Waals surface area contributed by atoms with E-state index in [0.29, 0.717) is 0 Å². The van der Waals surface area contributed by atoms with E-state index < -0.39 is 36.5 Å². The Morgan fingerprint density at radius 1 is 1.08 bits per heavy atom. The second kappa shape index (κ2) is 4.58. The van der Waals surface area contributed by atoms with Gasteiger partial charge in [0.15, 0.2) is 17.5 Å². The fourth-order valence-corrected chi connectivity index (χ4v) is 0.691. The number of nitrogens with two attached hydrogens (primary N) is 2. The molecule has 5 N–H and O–H groups in total. The average Bonchev–Trinajstić information content (AvgIpc) is 2.03. The van der Waals surface area contributed by atoms with Gasteiger partial charge in [-0.1, -0.05) is 0 Å². The van der Waals surface area contributed by atoms with Crippen molar-refractivity contribution in [3.05, 3.63) is 0 Å². The molecule has 12 heavy (non-hydrogen) atoms. The Balaban J connectivity index is 4.55. The van der Waals surface area contributed by atoms with E-state index in [1.165, 1.54) is 0 Å². The van der Waals surface area contributed by atoms with Gasteiger partial charge in [0.25, 0.3) is 0 Å². The van der Waals surface area contributed by atoms with Crippen molar-refractivity contribution in [2.24, 2.45) is 17.4 Å². The summed E-state index contributed by atoms with van der Waals surface area (Å²) in [6.07, 6.45) is 0. The van der Waals surface area contributed by atoms with Gasteiger partial charge in [-0.2, -0.15) is 0 Å². The van der Waals surface area contributed by atoms with Crippen LogP contribution in [0.15, 0.2) is 0 Å². The van der Waals surface area contributed by atoms with E-state index in [1.54, 1.807) is 0 Å². The minimum Gasteiger partial charge on any atom is -0.480 e. The highest BCUT2D eigenvalue weighted by Crippen LogP contribution is 1.99. The lowest BCUT2D eigenvalue weighted by atomic mass is 9.99. The van der Waals surface area contributed by atoms with E-state index in [2.05, 4.69) is 0 Å². The fourth-order valence-electron chi connectivity index (χ4n) is 0.691. The summed E-state index contributed by atoms with van der Waals surface area (Å²) >= 11 is 0. The van der Waals surface area contributed by atoms with Crippen LogP contribution in [-0.4, -0.2) is 35.7 Å². The third-order valence-electron chi connectivity index (χ3n) is 1.29. The van der Waals surface area contributed by atoms with E-state index >= 15 is 0 Å². The Labute approximate surface area is 68.5 Å². The van der Waals surface area contributed by atoms with E-state index in [4.69, 9.17) is 16.6 Å². The van der Waals surface area contributed by atoms with Crippen LogP contribution in [0.2, 0.25) is 0 Å². The molecular weight excluding hydrogens is 164 g/mol. The summed E-state index contributed by atoms with van der Waals surface area (Å²) in [5, 5.41) is 8.42. The highest BCUT2D eigenvalue weighted by atomic mass is 16.4. The van der Waals surface area contributed by atoms with Crippen molar-refractivity contribution < 1.29 is 19.5 Å². The van der Waals surface area contributed by atoms with Gasteiger partial charge < -0.3 is 16.6 Å². The summed E-state index contributed by atoms with van der Waals surface area (Å²) in [5.41, 5.74) is 9.79. The van der Waals surface area contributed by atoms with Crippen LogP contribution in [0.5, 0.6) is 0 Å². The summed E-state index contributed by atoms with van der Waals surface area (Å²) in [6.45, 7) is -0.939. The lowest BCUT2D eigenvalue weighted by Crippen LogP contribution is -2.38. The number of ketones is 2. The Morgan fingerprint density at radius 2 is 1.42 bits per heavy atom. The SMILES string of the molecule is NCC(=O)C(C(=O)O)C(=O)CN. The molecule has 0 aliphatic rings. The van der Waals surface area contributed by atoms with Crippen molar-refractivity contribution in [1.82, 2.24) is 0 Å². The number of carboxylic acids is 1. The van der Waals surface area contributed by atoms with Crippen LogP contribution in [0.3, 0.4) is 0 Å². The first kappa shape index (κ1) is 10.7. The zero-order chi connectivity index (χ0) is 9.72. The monoisotopic (exact) mass is 174 g/mol. The van der Waals surface area contributed by atoms with Gasteiger partial charge in [0, 0.05) is 0 Å².